The molecule has 0 saturated carbocycles. The van der Waals surface area contributed by atoms with Crippen LogP contribution in [0, 0.1) is 12.7 Å². The number of rotatable bonds is 5. The molecule has 4 heterocycles. The normalized spacial score (nSPS) is 12.7. The van der Waals surface area contributed by atoms with Crippen LogP contribution in [0.5, 0.6) is 0 Å². The number of aryl methyl sites for hydroxylation is 2. The zero-order valence-corrected chi connectivity index (χ0v) is 18.3. The first-order valence-corrected chi connectivity index (χ1v) is 10.9. The number of hydrogen-bond donors (Lipinski definition) is 2. The summed E-state index contributed by atoms with van der Waals surface area (Å²) in [7, 11) is 0. The number of esters is 1. The van der Waals surface area contributed by atoms with E-state index in [-0.39, 0.29) is 35.7 Å². The highest BCUT2D eigenvalue weighted by Crippen LogP contribution is 2.29. The van der Waals surface area contributed by atoms with Gasteiger partial charge in [-0.2, -0.15) is 15.0 Å². The van der Waals surface area contributed by atoms with E-state index in [9.17, 15) is 14.0 Å². The molecule has 0 bridgehead atoms. The van der Waals surface area contributed by atoms with Crippen LogP contribution in [-0.4, -0.2) is 30.5 Å². The summed E-state index contributed by atoms with van der Waals surface area (Å²) in [4.78, 5) is 43.1. The highest BCUT2D eigenvalue weighted by molar-refractivity contribution is 7.20. The van der Waals surface area contributed by atoms with Crippen LogP contribution in [0.4, 0.5) is 22.0 Å². The van der Waals surface area contributed by atoms with Gasteiger partial charge >= 0.3 is 5.97 Å². The van der Waals surface area contributed by atoms with E-state index < -0.39 is 5.97 Å². The Morgan fingerprint density at radius 1 is 1.24 bits per heavy atom. The first kappa shape index (κ1) is 20.9. The fourth-order valence-electron chi connectivity index (χ4n) is 3.69. The lowest BCUT2D eigenvalue weighted by Crippen LogP contribution is -2.20. The zero-order valence-electron chi connectivity index (χ0n) is 17.5. The third-order valence-electron chi connectivity index (χ3n) is 5.23. The standard InChI is InChI=1S/C21H18FN7O3S/c1-10-15-17(27-14-3-2-8-29(14)18(15)30)33-16(10)19(31)32-9-13-25-20(23)28-21(26-13)24-12-6-4-11(22)5-7-12/h4-7H,2-3,8-9H2,1H3,(H3,23,24,25,26,28). The quantitative estimate of drug-likeness (QED) is 0.424. The Balaban J connectivity index is 1.35. The molecule has 1 aliphatic heterocycles. The van der Waals surface area contributed by atoms with E-state index in [0.717, 1.165) is 30.0 Å². The van der Waals surface area contributed by atoms with Crippen molar-refractivity contribution in [2.24, 2.45) is 0 Å². The summed E-state index contributed by atoms with van der Waals surface area (Å²) < 4.78 is 20.1. The summed E-state index contributed by atoms with van der Waals surface area (Å²) in [6, 6.07) is 5.62. The van der Waals surface area contributed by atoms with Gasteiger partial charge in [-0.25, -0.2) is 14.2 Å². The van der Waals surface area contributed by atoms with E-state index in [4.69, 9.17) is 10.5 Å². The number of benzene rings is 1. The number of thiophene rings is 1. The monoisotopic (exact) mass is 467 g/mol. The van der Waals surface area contributed by atoms with Crippen molar-refractivity contribution in [2.45, 2.75) is 32.9 Å². The highest BCUT2D eigenvalue weighted by atomic mass is 32.1. The Hall–Kier alpha value is -3.93. The van der Waals surface area contributed by atoms with Crippen molar-refractivity contribution in [1.29, 1.82) is 0 Å². The van der Waals surface area contributed by atoms with Gasteiger partial charge in [0, 0.05) is 18.7 Å². The Morgan fingerprint density at radius 3 is 2.82 bits per heavy atom. The van der Waals surface area contributed by atoms with Crippen LogP contribution in [0.15, 0.2) is 29.1 Å². The van der Waals surface area contributed by atoms with E-state index in [0.29, 0.717) is 32.9 Å². The van der Waals surface area contributed by atoms with Crippen molar-refractivity contribution in [3.8, 4) is 0 Å². The van der Waals surface area contributed by atoms with Gasteiger partial charge in [-0.15, -0.1) is 11.3 Å². The van der Waals surface area contributed by atoms with Crippen LogP contribution < -0.4 is 16.6 Å². The molecule has 0 unspecified atom stereocenters. The molecule has 0 spiro atoms. The molecule has 10 nitrogen and oxygen atoms in total. The molecule has 0 radical (unpaired) electrons. The largest absolute Gasteiger partial charge is 0.453 e. The fourth-order valence-corrected chi connectivity index (χ4v) is 4.77. The number of aromatic nitrogens is 5. The molecule has 3 N–H and O–H groups in total. The lowest BCUT2D eigenvalue weighted by atomic mass is 10.2. The van der Waals surface area contributed by atoms with Gasteiger partial charge in [0.25, 0.3) is 5.56 Å². The molecular weight excluding hydrogens is 449 g/mol. The molecule has 5 rings (SSSR count). The van der Waals surface area contributed by atoms with Gasteiger partial charge in [-0.1, -0.05) is 0 Å². The summed E-state index contributed by atoms with van der Waals surface area (Å²) in [5.41, 5.74) is 6.73. The Labute approximate surface area is 190 Å². The molecule has 168 valence electrons. The van der Waals surface area contributed by atoms with Gasteiger partial charge in [0.2, 0.25) is 11.9 Å². The maximum Gasteiger partial charge on any atom is 0.349 e. The Bertz CT molecular complexity index is 1450. The predicted molar refractivity (Wildman–Crippen MR) is 120 cm³/mol. The SMILES string of the molecule is Cc1c(C(=O)OCc2nc(N)nc(Nc3ccc(F)cc3)n2)sc2nc3n(c(=O)c12)CCC3. The Morgan fingerprint density at radius 2 is 2.03 bits per heavy atom. The lowest BCUT2D eigenvalue weighted by Gasteiger charge is -2.08. The number of carbonyl (C=O) groups is 1. The third-order valence-corrected chi connectivity index (χ3v) is 6.39. The summed E-state index contributed by atoms with van der Waals surface area (Å²) >= 11 is 1.14. The topological polar surface area (TPSA) is 138 Å². The molecule has 12 heteroatoms. The van der Waals surface area contributed by atoms with Crippen molar-refractivity contribution >= 4 is 45.1 Å². The number of halogens is 1. The number of nitrogens with one attached hydrogen (secondary N) is 1. The molecule has 3 aromatic heterocycles. The van der Waals surface area contributed by atoms with Crippen LogP contribution >= 0.6 is 11.3 Å². The van der Waals surface area contributed by atoms with E-state index in [2.05, 4.69) is 25.3 Å². The van der Waals surface area contributed by atoms with Crippen LogP contribution in [-0.2, 0) is 24.3 Å². The van der Waals surface area contributed by atoms with Crippen molar-refractivity contribution < 1.29 is 13.9 Å². The van der Waals surface area contributed by atoms with E-state index >= 15 is 0 Å². The lowest BCUT2D eigenvalue weighted by molar-refractivity contribution is 0.0467. The van der Waals surface area contributed by atoms with Crippen molar-refractivity contribution in [1.82, 2.24) is 24.5 Å². The predicted octanol–water partition coefficient (Wildman–Crippen LogP) is 2.72. The average molecular weight is 467 g/mol. The number of nitrogens with two attached hydrogens (primary N) is 1. The fraction of sp³-hybridized carbons (Fsp3) is 0.238. The number of nitrogens with zero attached hydrogens (tertiary/aromatic N) is 5. The summed E-state index contributed by atoms with van der Waals surface area (Å²) in [6.45, 7) is 2.10. The molecule has 1 aliphatic rings. The second-order valence-corrected chi connectivity index (χ2v) is 8.47. The molecule has 0 aliphatic carbocycles. The number of hydrogen-bond acceptors (Lipinski definition) is 10. The molecule has 1 aromatic carbocycles. The number of anilines is 3. The number of nitrogen functional groups attached to an aromatic ring is 1. The number of fused-ring (bicyclic) bond motifs is 2. The molecule has 33 heavy (non-hydrogen) atoms. The van der Waals surface area contributed by atoms with Crippen LogP contribution in [0.25, 0.3) is 10.2 Å². The third kappa shape index (κ3) is 4.00. The summed E-state index contributed by atoms with van der Waals surface area (Å²) in [5.74, 6) is -0.0308. The van der Waals surface area contributed by atoms with Gasteiger partial charge in [0.05, 0.1) is 5.39 Å². The van der Waals surface area contributed by atoms with E-state index in [1.807, 2.05) is 0 Å². The first-order chi connectivity index (χ1) is 15.9. The van der Waals surface area contributed by atoms with Gasteiger partial charge in [-0.3, -0.25) is 9.36 Å². The maximum absolute atomic E-state index is 13.1. The van der Waals surface area contributed by atoms with Crippen LogP contribution in [0.3, 0.4) is 0 Å². The number of carbonyl (C=O) groups excluding carboxylic acids is 1. The van der Waals surface area contributed by atoms with Crippen molar-refractivity contribution in [3.05, 3.63) is 62.5 Å². The average Bonchev–Trinajstić information content (AvgIpc) is 3.38. The maximum atomic E-state index is 13.1. The molecule has 0 amide bonds. The Kier molecular flexibility index (Phi) is 5.21. The van der Waals surface area contributed by atoms with Crippen LogP contribution in [0.2, 0.25) is 0 Å². The minimum atomic E-state index is -0.605. The highest BCUT2D eigenvalue weighted by Gasteiger charge is 2.24. The summed E-state index contributed by atoms with van der Waals surface area (Å²) in [6.07, 6.45) is 1.64. The second kappa shape index (κ2) is 8.20. The minimum Gasteiger partial charge on any atom is -0.453 e. The molecule has 0 saturated heterocycles. The van der Waals surface area contributed by atoms with Gasteiger partial charge in [0.15, 0.2) is 12.4 Å². The zero-order chi connectivity index (χ0) is 23.1. The van der Waals surface area contributed by atoms with Gasteiger partial charge in [0.1, 0.15) is 21.3 Å². The summed E-state index contributed by atoms with van der Waals surface area (Å²) in [5, 5.41) is 3.35. The number of ether oxygens (including phenoxy) is 1. The van der Waals surface area contributed by atoms with Crippen LogP contribution in [0.1, 0.15) is 33.3 Å². The molecule has 0 fully saturated rings. The molecule has 0 atom stereocenters. The minimum absolute atomic E-state index is 0.0644. The van der Waals surface area contributed by atoms with Gasteiger partial charge < -0.3 is 15.8 Å². The smallest absolute Gasteiger partial charge is 0.349 e. The van der Waals surface area contributed by atoms with E-state index in [1.54, 1.807) is 11.5 Å². The van der Waals surface area contributed by atoms with Gasteiger partial charge in [-0.05, 0) is 43.2 Å². The molecule has 4 aromatic rings. The van der Waals surface area contributed by atoms with Crippen molar-refractivity contribution in [3.63, 3.8) is 0 Å². The first-order valence-electron chi connectivity index (χ1n) is 10.1. The van der Waals surface area contributed by atoms with Crippen molar-refractivity contribution in [2.75, 3.05) is 11.1 Å². The second-order valence-electron chi connectivity index (χ2n) is 7.47. The van der Waals surface area contributed by atoms with E-state index in [1.165, 1.54) is 24.3 Å². The molecular formula is C21H18FN7O3S.